The van der Waals surface area contributed by atoms with Gasteiger partial charge in [0.15, 0.2) is 0 Å². The van der Waals surface area contributed by atoms with Gasteiger partial charge in [0.05, 0.1) is 0 Å². The first-order valence-electron chi connectivity index (χ1n) is 5.75. The lowest BCUT2D eigenvalue weighted by Gasteiger charge is -2.16. The van der Waals surface area contributed by atoms with Crippen LogP contribution in [0, 0.1) is 0 Å². The second kappa shape index (κ2) is 6.13. The van der Waals surface area contributed by atoms with Gasteiger partial charge in [-0.15, -0.1) is 13.2 Å². The predicted molar refractivity (Wildman–Crippen MR) is 73.6 cm³/mol. The van der Waals surface area contributed by atoms with Crippen molar-refractivity contribution in [3.63, 3.8) is 0 Å². The van der Waals surface area contributed by atoms with Crippen molar-refractivity contribution in [2.45, 2.75) is 12.5 Å². The standard InChI is InChI=1S/C14H9Cl2F3O2/c15-10-5-2-6-11(16)12(10)13(20)8-3-1-4-9(7-8)21-14(17,18)19/h1-7,13,20H. The summed E-state index contributed by atoms with van der Waals surface area (Å²) in [5, 5.41) is 10.7. The fourth-order valence-electron chi connectivity index (χ4n) is 1.82. The summed E-state index contributed by atoms with van der Waals surface area (Å²) in [5.41, 5.74) is 0.414. The van der Waals surface area contributed by atoms with E-state index < -0.39 is 18.2 Å². The summed E-state index contributed by atoms with van der Waals surface area (Å²) in [6.45, 7) is 0. The minimum Gasteiger partial charge on any atom is -0.406 e. The number of hydrogen-bond acceptors (Lipinski definition) is 2. The average Bonchev–Trinajstić information content (AvgIpc) is 2.36. The van der Waals surface area contributed by atoms with Gasteiger partial charge in [-0.2, -0.15) is 0 Å². The van der Waals surface area contributed by atoms with Gasteiger partial charge in [0.1, 0.15) is 11.9 Å². The van der Waals surface area contributed by atoms with E-state index in [0.29, 0.717) is 0 Å². The Morgan fingerprint density at radius 2 is 1.57 bits per heavy atom. The first kappa shape index (κ1) is 15.9. The van der Waals surface area contributed by atoms with Crippen molar-refractivity contribution < 1.29 is 23.0 Å². The second-order valence-electron chi connectivity index (χ2n) is 4.16. The van der Waals surface area contributed by atoms with Crippen LogP contribution in [-0.2, 0) is 0 Å². The van der Waals surface area contributed by atoms with Crippen LogP contribution in [0.1, 0.15) is 17.2 Å². The SMILES string of the molecule is OC(c1cccc(OC(F)(F)F)c1)c1c(Cl)cccc1Cl. The van der Waals surface area contributed by atoms with Gasteiger partial charge in [-0.05, 0) is 29.8 Å². The molecule has 1 N–H and O–H groups in total. The van der Waals surface area contributed by atoms with E-state index in [4.69, 9.17) is 23.2 Å². The van der Waals surface area contributed by atoms with Crippen molar-refractivity contribution in [3.05, 3.63) is 63.6 Å². The Hall–Kier alpha value is -1.43. The third kappa shape index (κ3) is 4.03. The number of hydrogen-bond donors (Lipinski definition) is 1. The van der Waals surface area contributed by atoms with Gasteiger partial charge in [-0.3, -0.25) is 0 Å². The van der Waals surface area contributed by atoms with Crippen molar-refractivity contribution in [1.82, 2.24) is 0 Å². The summed E-state index contributed by atoms with van der Waals surface area (Å²) in [6, 6.07) is 9.67. The maximum atomic E-state index is 12.2. The molecular weight excluding hydrogens is 328 g/mol. The quantitative estimate of drug-likeness (QED) is 0.857. The normalized spacial score (nSPS) is 13.0. The highest BCUT2D eigenvalue weighted by molar-refractivity contribution is 6.36. The summed E-state index contributed by atoms with van der Waals surface area (Å²) in [5.74, 6) is -0.428. The molecule has 0 amide bonds. The highest BCUT2D eigenvalue weighted by Crippen LogP contribution is 2.35. The molecule has 2 nitrogen and oxygen atoms in total. The zero-order valence-corrected chi connectivity index (χ0v) is 11.9. The Bertz CT molecular complexity index is 624. The highest BCUT2D eigenvalue weighted by atomic mass is 35.5. The molecule has 0 bridgehead atoms. The monoisotopic (exact) mass is 336 g/mol. The van der Waals surface area contributed by atoms with E-state index in [1.807, 2.05) is 0 Å². The summed E-state index contributed by atoms with van der Waals surface area (Å²) in [4.78, 5) is 0. The first-order chi connectivity index (χ1) is 9.78. The van der Waals surface area contributed by atoms with Crippen molar-refractivity contribution in [2.75, 3.05) is 0 Å². The van der Waals surface area contributed by atoms with Gasteiger partial charge in [-0.1, -0.05) is 41.4 Å². The van der Waals surface area contributed by atoms with E-state index in [9.17, 15) is 18.3 Å². The number of aliphatic hydroxyl groups excluding tert-OH is 1. The molecule has 1 unspecified atom stereocenters. The van der Waals surface area contributed by atoms with Crippen LogP contribution in [0.25, 0.3) is 0 Å². The largest absolute Gasteiger partial charge is 0.573 e. The molecule has 7 heteroatoms. The lowest BCUT2D eigenvalue weighted by Crippen LogP contribution is -2.17. The molecule has 0 aliphatic rings. The minimum atomic E-state index is -4.80. The number of halogens is 5. The minimum absolute atomic E-state index is 0.187. The molecule has 0 aliphatic carbocycles. The van der Waals surface area contributed by atoms with E-state index in [-0.39, 0.29) is 21.2 Å². The molecule has 21 heavy (non-hydrogen) atoms. The molecule has 0 aromatic heterocycles. The number of alkyl halides is 3. The van der Waals surface area contributed by atoms with Crippen LogP contribution in [0.15, 0.2) is 42.5 Å². The highest BCUT2D eigenvalue weighted by Gasteiger charge is 2.31. The zero-order valence-electron chi connectivity index (χ0n) is 10.4. The van der Waals surface area contributed by atoms with Crippen molar-refractivity contribution in [3.8, 4) is 5.75 Å². The first-order valence-corrected chi connectivity index (χ1v) is 6.51. The van der Waals surface area contributed by atoms with E-state index >= 15 is 0 Å². The Kier molecular flexibility index (Phi) is 4.66. The van der Waals surface area contributed by atoms with Gasteiger partial charge in [-0.25, -0.2) is 0 Å². The van der Waals surface area contributed by atoms with E-state index in [2.05, 4.69) is 4.74 Å². The summed E-state index contributed by atoms with van der Waals surface area (Å²) < 4.78 is 40.4. The molecule has 0 spiro atoms. The van der Waals surface area contributed by atoms with E-state index in [1.165, 1.54) is 24.3 Å². The average molecular weight is 337 g/mol. The topological polar surface area (TPSA) is 29.5 Å². The Labute approximate surface area is 128 Å². The molecule has 1 atom stereocenters. The Balaban J connectivity index is 2.36. The van der Waals surface area contributed by atoms with Crippen LogP contribution in [-0.4, -0.2) is 11.5 Å². The smallest absolute Gasteiger partial charge is 0.406 e. The lowest BCUT2D eigenvalue weighted by atomic mass is 10.0. The molecule has 0 aliphatic heterocycles. The molecule has 0 heterocycles. The molecule has 0 radical (unpaired) electrons. The van der Waals surface area contributed by atoms with Crippen molar-refractivity contribution in [1.29, 1.82) is 0 Å². The maximum Gasteiger partial charge on any atom is 0.573 e. The molecule has 0 saturated heterocycles. The van der Waals surface area contributed by atoms with Gasteiger partial charge >= 0.3 is 6.36 Å². The van der Waals surface area contributed by atoms with E-state index in [0.717, 1.165) is 12.1 Å². The van der Waals surface area contributed by atoms with Crippen molar-refractivity contribution in [2.24, 2.45) is 0 Å². The Morgan fingerprint density at radius 3 is 2.14 bits per heavy atom. The Morgan fingerprint density at radius 1 is 1.00 bits per heavy atom. The second-order valence-corrected chi connectivity index (χ2v) is 4.97. The number of ether oxygens (including phenoxy) is 1. The molecule has 2 rings (SSSR count). The van der Waals surface area contributed by atoms with Gasteiger partial charge in [0.25, 0.3) is 0 Å². The van der Waals surface area contributed by atoms with Gasteiger partial charge in [0.2, 0.25) is 0 Å². The summed E-state index contributed by atoms with van der Waals surface area (Å²) in [7, 11) is 0. The molecule has 112 valence electrons. The predicted octanol–water partition coefficient (Wildman–Crippen LogP) is 4.97. The molecule has 0 saturated carbocycles. The molecule has 0 fully saturated rings. The molecule has 2 aromatic carbocycles. The van der Waals surface area contributed by atoms with Crippen LogP contribution < -0.4 is 4.74 Å². The molecule has 2 aromatic rings. The van der Waals surface area contributed by atoms with Crippen molar-refractivity contribution >= 4 is 23.2 Å². The molecular formula is C14H9Cl2F3O2. The number of rotatable bonds is 3. The summed E-state index contributed by atoms with van der Waals surface area (Å²) in [6.07, 6.45) is -6.06. The number of benzene rings is 2. The maximum absolute atomic E-state index is 12.2. The van der Waals surface area contributed by atoms with E-state index in [1.54, 1.807) is 6.07 Å². The van der Waals surface area contributed by atoms with Crippen LogP contribution in [0.2, 0.25) is 10.0 Å². The van der Waals surface area contributed by atoms with Crippen LogP contribution >= 0.6 is 23.2 Å². The number of aliphatic hydroxyl groups is 1. The fourth-order valence-corrected chi connectivity index (χ4v) is 2.42. The fraction of sp³-hybridized carbons (Fsp3) is 0.143. The lowest BCUT2D eigenvalue weighted by molar-refractivity contribution is -0.274. The zero-order chi connectivity index (χ0) is 15.6. The van der Waals surface area contributed by atoms with Crippen LogP contribution in [0.4, 0.5) is 13.2 Å². The third-order valence-electron chi connectivity index (χ3n) is 2.68. The summed E-state index contributed by atoms with van der Waals surface area (Å²) >= 11 is 11.9. The third-order valence-corrected chi connectivity index (χ3v) is 3.34. The van der Waals surface area contributed by atoms with Crippen LogP contribution in [0.5, 0.6) is 5.75 Å². The van der Waals surface area contributed by atoms with Gasteiger partial charge < -0.3 is 9.84 Å². The van der Waals surface area contributed by atoms with Gasteiger partial charge in [0, 0.05) is 15.6 Å². The van der Waals surface area contributed by atoms with Crippen LogP contribution in [0.3, 0.4) is 0 Å².